The normalized spacial score (nSPS) is 10.9. The highest BCUT2D eigenvalue weighted by Gasteiger charge is 2.13. The SMILES string of the molecule is Cc1ccc(SCc2nc3ccccc3c(=O)n2CC(N)=O)cc1. The lowest BCUT2D eigenvalue weighted by Crippen LogP contribution is -2.31. The predicted octanol–water partition coefficient (Wildman–Crippen LogP) is 2.48. The van der Waals surface area contributed by atoms with Crippen molar-refractivity contribution < 1.29 is 4.79 Å². The zero-order valence-electron chi connectivity index (χ0n) is 13.2. The summed E-state index contributed by atoms with van der Waals surface area (Å²) in [6.07, 6.45) is 0. The molecule has 0 aliphatic heterocycles. The summed E-state index contributed by atoms with van der Waals surface area (Å²) < 4.78 is 1.37. The topological polar surface area (TPSA) is 78.0 Å². The minimum atomic E-state index is -0.559. The standard InChI is InChI=1S/C18H17N3O2S/c1-12-6-8-13(9-7-12)24-11-17-20-15-5-3-2-4-14(15)18(23)21(17)10-16(19)22/h2-9H,10-11H2,1H3,(H2,19,22). The van der Waals surface area contributed by atoms with Crippen LogP contribution in [0.15, 0.2) is 58.2 Å². The molecule has 3 aromatic rings. The molecule has 1 amide bonds. The van der Waals surface area contributed by atoms with Crippen molar-refractivity contribution in [3.63, 3.8) is 0 Å². The fourth-order valence-corrected chi connectivity index (χ4v) is 3.27. The lowest BCUT2D eigenvalue weighted by atomic mass is 10.2. The highest BCUT2D eigenvalue weighted by atomic mass is 32.2. The first kappa shape index (κ1) is 16.3. The van der Waals surface area contributed by atoms with Gasteiger partial charge in [-0.15, -0.1) is 11.8 Å². The number of fused-ring (bicyclic) bond motifs is 1. The molecule has 6 heteroatoms. The molecule has 5 nitrogen and oxygen atoms in total. The molecular formula is C18H17N3O2S. The fraction of sp³-hybridized carbons (Fsp3) is 0.167. The molecule has 24 heavy (non-hydrogen) atoms. The average molecular weight is 339 g/mol. The van der Waals surface area contributed by atoms with Crippen LogP contribution in [0.5, 0.6) is 0 Å². The lowest BCUT2D eigenvalue weighted by molar-refractivity contribution is -0.118. The highest BCUT2D eigenvalue weighted by molar-refractivity contribution is 7.98. The number of carbonyl (C=O) groups is 1. The van der Waals surface area contributed by atoms with E-state index in [4.69, 9.17) is 5.73 Å². The maximum Gasteiger partial charge on any atom is 0.261 e. The van der Waals surface area contributed by atoms with Crippen LogP contribution in [-0.4, -0.2) is 15.5 Å². The van der Waals surface area contributed by atoms with Crippen molar-refractivity contribution in [2.45, 2.75) is 24.1 Å². The van der Waals surface area contributed by atoms with Crippen LogP contribution in [0.1, 0.15) is 11.4 Å². The van der Waals surface area contributed by atoms with Gasteiger partial charge in [-0.3, -0.25) is 14.2 Å². The number of hydrogen-bond donors (Lipinski definition) is 1. The Labute approximate surface area is 143 Å². The van der Waals surface area contributed by atoms with E-state index < -0.39 is 5.91 Å². The van der Waals surface area contributed by atoms with E-state index in [1.54, 1.807) is 30.0 Å². The average Bonchev–Trinajstić information content (AvgIpc) is 2.57. The van der Waals surface area contributed by atoms with Gasteiger partial charge in [0, 0.05) is 4.90 Å². The quantitative estimate of drug-likeness (QED) is 0.725. The van der Waals surface area contributed by atoms with Gasteiger partial charge in [-0.25, -0.2) is 4.98 Å². The first-order valence-corrected chi connectivity index (χ1v) is 8.49. The third kappa shape index (κ3) is 3.49. The van der Waals surface area contributed by atoms with Gasteiger partial charge < -0.3 is 5.73 Å². The van der Waals surface area contributed by atoms with Gasteiger partial charge in [0.05, 0.1) is 16.7 Å². The first-order valence-electron chi connectivity index (χ1n) is 7.51. The van der Waals surface area contributed by atoms with E-state index in [1.165, 1.54) is 10.1 Å². The maximum absolute atomic E-state index is 12.6. The molecule has 0 atom stereocenters. The molecule has 0 aliphatic carbocycles. The molecule has 0 unspecified atom stereocenters. The number of hydrogen-bond acceptors (Lipinski definition) is 4. The number of benzene rings is 2. The summed E-state index contributed by atoms with van der Waals surface area (Å²) in [5, 5.41) is 0.489. The van der Waals surface area contributed by atoms with Crippen molar-refractivity contribution in [3.05, 3.63) is 70.3 Å². The summed E-state index contributed by atoms with van der Waals surface area (Å²) in [7, 11) is 0. The van der Waals surface area contributed by atoms with Gasteiger partial charge in [0.2, 0.25) is 5.91 Å². The van der Waals surface area contributed by atoms with Crippen LogP contribution in [0.3, 0.4) is 0 Å². The summed E-state index contributed by atoms with van der Waals surface area (Å²) in [6.45, 7) is 1.87. The van der Waals surface area contributed by atoms with Crippen molar-refractivity contribution in [3.8, 4) is 0 Å². The summed E-state index contributed by atoms with van der Waals surface area (Å²) in [6, 6.07) is 15.2. The zero-order chi connectivity index (χ0) is 17.1. The Morgan fingerprint density at radius 2 is 1.88 bits per heavy atom. The number of nitrogens with two attached hydrogens (primary N) is 1. The lowest BCUT2D eigenvalue weighted by Gasteiger charge is -2.12. The number of nitrogens with zero attached hydrogens (tertiary/aromatic N) is 2. The van der Waals surface area contributed by atoms with Crippen LogP contribution in [0, 0.1) is 6.92 Å². The van der Waals surface area contributed by atoms with Crippen LogP contribution in [0.2, 0.25) is 0 Å². The Kier molecular flexibility index (Phi) is 4.66. The second-order valence-electron chi connectivity index (χ2n) is 5.50. The molecule has 0 bridgehead atoms. The summed E-state index contributed by atoms with van der Waals surface area (Å²) in [4.78, 5) is 29.6. The van der Waals surface area contributed by atoms with Gasteiger partial charge in [-0.1, -0.05) is 29.8 Å². The molecule has 122 valence electrons. The molecule has 1 heterocycles. The van der Waals surface area contributed by atoms with E-state index in [9.17, 15) is 9.59 Å². The number of primary amides is 1. The molecule has 0 fully saturated rings. The Morgan fingerprint density at radius 3 is 2.58 bits per heavy atom. The van der Waals surface area contributed by atoms with E-state index in [1.807, 2.05) is 37.3 Å². The molecule has 2 aromatic carbocycles. The molecule has 0 saturated carbocycles. The second-order valence-corrected chi connectivity index (χ2v) is 6.55. The fourth-order valence-electron chi connectivity index (χ4n) is 2.43. The van der Waals surface area contributed by atoms with E-state index in [2.05, 4.69) is 4.98 Å². The van der Waals surface area contributed by atoms with E-state index in [0.29, 0.717) is 22.5 Å². The summed E-state index contributed by atoms with van der Waals surface area (Å²) >= 11 is 1.57. The maximum atomic E-state index is 12.6. The molecule has 2 N–H and O–H groups in total. The van der Waals surface area contributed by atoms with Crippen molar-refractivity contribution in [1.29, 1.82) is 0 Å². The van der Waals surface area contributed by atoms with Crippen LogP contribution in [0.25, 0.3) is 10.9 Å². The molecule has 0 saturated heterocycles. The largest absolute Gasteiger partial charge is 0.368 e. The van der Waals surface area contributed by atoms with Crippen molar-refractivity contribution >= 4 is 28.6 Å². The number of amides is 1. The number of para-hydroxylation sites is 1. The molecule has 3 rings (SSSR count). The van der Waals surface area contributed by atoms with Gasteiger partial charge in [-0.05, 0) is 31.2 Å². The van der Waals surface area contributed by atoms with Gasteiger partial charge in [0.25, 0.3) is 5.56 Å². The third-order valence-corrected chi connectivity index (χ3v) is 4.65. The molecule has 1 aromatic heterocycles. The first-order chi connectivity index (χ1) is 11.5. The van der Waals surface area contributed by atoms with Crippen LogP contribution in [0.4, 0.5) is 0 Å². The second kappa shape index (κ2) is 6.88. The Hall–Kier alpha value is -2.60. The number of aryl methyl sites for hydroxylation is 1. The highest BCUT2D eigenvalue weighted by Crippen LogP contribution is 2.22. The monoisotopic (exact) mass is 339 g/mol. The van der Waals surface area contributed by atoms with Gasteiger partial charge in [0.1, 0.15) is 12.4 Å². The number of rotatable bonds is 5. The van der Waals surface area contributed by atoms with E-state index in [0.717, 1.165) is 4.90 Å². The van der Waals surface area contributed by atoms with Crippen molar-refractivity contribution in [1.82, 2.24) is 9.55 Å². The minimum absolute atomic E-state index is 0.166. The van der Waals surface area contributed by atoms with E-state index >= 15 is 0 Å². The van der Waals surface area contributed by atoms with Gasteiger partial charge >= 0.3 is 0 Å². The van der Waals surface area contributed by atoms with Crippen LogP contribution >= 0.6 is 11.8 Å². The Balaban J connectivity index is 1.99. The molecule has 0 radical (unpaired) electrons. The number of thioether (sulfide) groups is 1. The molecule has 0 spiro atoms. The summed E-state index contributed by atoms with van der Waals surface area (Å²) in [5.41, 5.74) is 6.88. The van der Waals surface area contributed by atoms with Crippen LogP contribution in [-0.2, 0) is 17.1 Å². The third-order valence-electron chi connectivity index (χ3n) is 3.64. The zero-order valence-corrected chi connectivity index (χ0v) is 14.0. The number of carbonyl (C=O) groups excluding carboxylic acids is 1. The smallest absolute Gasteiger partial charge is 0.261 e. The van der Waals surface area contributed by atoms with Crippen LogP contribution < -0.4 is 11.3 Å². The van der Waals surface area contributed by atoms with Gasteiger partial charge in [0.15, 0.2) is 0 Å². The minimum Gasteiger partial charge on any atom is -0.368 e. The Bertz CT molecular complexity index is 949. The van der Waals surface area contributed by atoms with Gasteiger partial charge in [-0.2, -0.15) is 0 Å². The summed E-state index contributed by atoms with van der Waals surface area (Å²) in [5.74, 6) is 0.468. The Morgan fingerprint density at radius 1 is 1.17 bits per heavy atom. The predicted molar refractivity (Wildman–Crippen MR) is 95.9 cm³/mol. The van der Waals surface area contributed by atoms with Crippen molar-refractivity contribution in [2.75, 3.05) is 0 Å². The molecule has 0 aliphatic rings. The van der Waals surface area contributed by atoms with Crippen molar-refractivity contribution in [2.24, 2.45) is 5.73 Å². The van der Waals surface area contributed by atoms with E-state index in [-0.39, 0.29) is 12.1 Å². The molecular weight excluding hydrogens is 322 g/mol. The number of aromatic nitrogens is 2.